The third-order valence-corrected chi connectivity index (χ3v) is 3.81. The highest BCUT2D eigenvalue weighted by molar-refractivity contribution is 9.10. The Hall–Kier alpha value is -0.590. The number of nitrogens with one attached hydrogen (secondary N) is 1. The molecular weight excluding hydrogens is 318 g/mol. The van der Waals surface area contributed by atoms with Crippen LogP contribution in [0.5, 0.6) is 5.75 Å². The van der Waals surface area contributed by atoms with Crippen LogP contribution in [0.2, 0.25) is 0 Å². The molecule has 1 aromatic rings. The molecule has 1 aromatic carbocycles. The van der Waals surface area contributed by atoms with Crippen molar-refractivity contribution in [3.05, 3.63) is 28.7 Å². The second-order valence-corrected chi connectivity index (χ2v) is 7.35. The fourth-order valence-electron chi connectivity index (χ4n) is 1.54. The summed E-state index contributed by atoms with van der Waals surface area (Å²) in [6, 6.07) is 7.54. The van der Waals surface area contributed by atoms with E-state index < -0.39 is 9.84 Å². The number of halogens is 1. The van der Waals surface area contributed by atoms with Gasteiger partial charge in [0, 0.05) is 23.3 Å². The lowest BCUT2D eigenvalue weighted by molar-refractivity contribution is 0.309. The molecule has 0 bridgehead atoms. The molecule has 0 aromatic heterocycles. The average Bonchev–Trinajstić information content (AvgIpc) is 2.22. The molecule has 0 aliphatic heterocycles. The molecule has 0 saturated carbocycles. The molecule has 102 valence electrons. The van der Waals surface area contributed by atoms with Gasteiger partial charge in [0.1, 0.15) is 22.2 Å². The van der Waals surface area contributed by atoms with Crippen LogP contribution < -0.4 is 10.1 Å². The minimum atomic E-state index is -2.93. The van der Waals surface area contributed by atoms with Crippen molar-refractivity contribution in [2.24, 2.45) is 0 Å². The van der Waals surface area contributed by atoms with Crippen molar-refractivity contribution < 1.29 is 13.2 Å². The summed E-state index contributed by atoms with van der Waals surface area (Å²) in [7, 11) is -2.93. The van der Waals surface area contributed by atoms with E-state index in [1.54, 1.807) is 0 Å². The average molecular weight is 336 g/mol. The maximum absolute atomic E-state index is 11.1. The normalized spacial score (nSPS) is 13.3. The molecule has 0 heterocycles. The standard InChI is InChI=1S/C12H18BrNO3S/c1-10(9-18(2,15)16)14-6-7-17-12-5-3-4-11(13)8-12/h3-5,8,10,14H,6-7,9H2,1-2H3. The molecule has 4 nitrogen and oxygen atoms in total. The van der Waals surface area contributed by atoms with E-state index in [9.17, 15) is 8.42 Å². The van der Waals surface area contributed by atoms with Crippen LogP contribution in [0.3, 0.4) is 0 Å². The lowest BCUT2D eigenvalue weighted by Gasteiger charge is -2.13. The Labute approximate surface area is 117 Å². The zero-order valence-corrected chi connectivity index (χ0v) is 12.9. The highest BCUT2D eigenvalue weighted by Crippen LogP contribution is 2.17. The van der Waals surface area contributed by atoms with E-state index in [4.69, 9.17) is 4.74 Å². The Morgan fingerprint density at radius 2 is 2.17 bits per heavy atom. The summed E-state index contributed by atoms with van der Waals surface area (Å²) in [6.45, 7) is 2.97. The third kappa shape index (κ3) is 6.98. The minimum Gasteiger partial charge on any atom is -0.492 e. The van der Waals surface area contributed by atoms with Crippen LogP contribution in [0.4, 0.5) is 0 Å². The second-order valence-electron chi connectivity index (χ2n) is 4.25. The first-order chi connectivity index (χ1) is 8.37. The van der Waals surface area contributed by atoms with Gasteiger partial charge >= 0.3 is 0 Å². The van der Waals surface area contributed by atoms with Gasteiger partial charge in [-0.05, 0) is 25.1 Å². The summed E-state index contributed by atoms with van der Waals surface area (Å²) in [5.41, 5.74) is 0. The van der Waals surface area contributed by atoms with E-state index in [2.05, 4.69) is 21.2 Å². The molecular formula is C12H18BrNO3S. The van der Waals surface area contributed by atoms with Crippen LogP contribution in [0.25, 0.3) is 0 Å². The Kier molecular flexibility index (Phi) is 6.11. The minimum absolute atomic E-state index is 0.0638. The van der Waals surface area contributed by atoms with E-state index >= 15 is 0 Å². The summed E-state index contributed by atoms with van der Waals surface area (Å²) in [4.78, 5) is 0. The SMILES string of the molecule is CC(CS(C)(=O)=O)NCCOc1cccc(Br)c1. The summed E-state index contributed by atoms with van der Waals surface area (Å²) >= 11 is 3.37. The fraction of sp³-hybridized carbons (Fsp3) is 0.500. The Morgan fingerprint density at radius 3 is 2.78 bits per heavy atom. The van der Waals surface area contributed by atoms with Crippen molar-refractivity contribution in [2.45, 2.75) is 13.0 Å². The molecule has 0 aliphatic carbocycles. The molecule has 1 atom stereocenters. The number of benzene rings is 1. The molecule has 0 radical (unpaired) electrons. The molecule has 0 amide bonds. The predicted molar refractivity (Wildman–Crippen MR) is 76.8 cm³/mol. The number of hydrogen-bond acceptors (Lipinski definition) is 4. The molecule has 1 rings (SSSR count). The second kappa shape index (κ2) is 7.11. The van der Waals surface area contributed by atoms with Crippen molar-refractivity contribution in [1.29, 1.82) is 0 Å². The van der Waals surface area contributed by atoms with Crippen LogP contribution >= 0.6 is 15.9 Å². The lowest BCUT2D eigenvalue weighted by atomic mass is 10.3. The van der Waals surface area contributed by atoms with E-state index in [0.29, 0.717) is 13.2 Å². The predicted octanol–water partition coefficient (Wildman–Crippen LogP) is 1.85. The summed E-state index contributed by atoms with van der Waals surface area (Å²) in [5.74, 6) is 0.936. The smallest absolute Gasteiger partial charge is 0.148 e. The Morgan fingerprint density at radius 1 is 1.44 bits per heavy atom. The van der Waals surface area contributed by atoms with E-state index in [-0.39, 0.29) is 11.8 Å². The van der Waals surface area contributed by atoms with Crippen LogP contribution in [0.15, 0.2) is 28.7 Å². The fourth-order valence-corrected chi connectivity index (χ4v) is 2.95. The van der Waals surface area contributed by atoms with E-state index in [0.717, 1.165) is 10.2 Å². The van der Waals surface area contributed by atoms with Crippen molar-refractivity contribution in [1.82, 2.24) is 5.32 Å². The first kappa shape index (κ1) is 15.5. The van der Waals surface area contributed by atoms with Crippen molar-refractivity contribution >= 4 is 25.8 Å². The van der Waals surface area contributed by atoms with Crippen LogP contribution in [-0.4, -0.2) is 39.6 Å². The van der Waals surface area contributed by atoms with Gasteiger partial charge in [-0.2, -0.15) is 0 Å². The summed E-state index contributed by atoms with van der Waals surface area (Å²) in [6.07, 6.45) is 1.24. The maximum Gasteiger partial charge on any atom is 0.148 e. The Bertz CT molecular complexity index is 476. The monoisotopic (exact) mass is 335 g/mol. The maximum atomic E-state index is 11.1. The van der Waals surface area contributed by atoms with E-state index in [1.165, 1.54) is 6.26 Å². The molecule has 0 spiro atoms. The van der Waals surface area contributed by atoms with Crippen molar-refractivity contribution in [2.75, 3.05) is 25.2 Å². The molecule has 1 unspecified atom stereocenters. The molecule has 0 fully saturated rings. The first-order valence-electron chi connectivity index (χ1n) is 5.66. The number of sulfone groups is 1. The zero-order chi connectivity index (χ0) is 13.6. The van der Waals surface area contributed by atoms with Crippen molar-refractivity contribution in [3.63, 3.8) is 0 Å². The van der Waals surface area contributed by atoms with Crippen LogP contribution in [0.1, 0.15) is 6.92 Å². The highest BCUT2D eigenvalue weighted by atomic mass is 79.9. The molecule has 6 heteroatoms. The quantitative estimate of drug-likeness (QED) is 0.772. The first-order valence-corrected chi connectivity index (χ1v) is 8.51. The molecule has 0 saturated heterocycles. The zero-order valence-electron chi connectivity index (χ0n) is 10.5. The van der Waals surface area contributed by atoms with Gasteiger partial charge in [-0.1, -0.05) is 22.0 Å². The Balaban J connectivity index is 2.23. The topological polar surface area (TPSA) is 55.4 Å². The van der Waals surface area contributed by atoms with Gasteiger partial charge in [-0.25, -0.2) is 8.42 Å². The van der Waals surface area contributed by atoms with Gasteiger partial charge in [0.15, 0.2) is 0 Å². The van der Waals surface area contributed by atoms with E-state index in [1.807, 2.05) is 31.2 Å². The van der Waals surface area contributed by atoms with Gasteiger partial charge in [-0.15, -0.1) is 0 Å². The van der Waals surface area contributed by atoms with Gasteiger partial charge in [0.25, 0.3) is 0 Å². The number of rotatable bonds is 7. The number of ether oxygens (including phenoxy) is 1. The summed E-state index contributed by atoms with van der Waals surface area (Å²) < 4.78 is 28.6. The van der Waals surface area contributed by atoms with Gasteiger partial charge in [-0.3, -0.25) is 0 Å². The van der Waals surface area contributed by atoms with Gasteiger partial charge < -0.3 is 10.1 Å². The molecule has 1 N–H and O–H groups in total. The summed E-state index contributed by atoms with van der Waals surface area (Å²) in [5, 5.41) is 3.11. The largest absolute Gasteiger partial charge is 0.492 e. The van der Waals surface area contributed by atoms with Gasteiger partial charge in [0.05, 0.1) is 5.75 Å². The van der Waals surface area contributed by atoms with Crippen LogP contribution in [0, 0.1) is 0 Å². The highest BCUT2D eigenvalue weighted by Gasteiger charge is 2.09. The molecule has 18 heavy (non-hydrogen) atoms. The van der Waals surface area contributed by atoms with Crippen LogP contribution in [-0.2, 0) is 9.84 Å². The van der Waals surface area contributed by atoms with Gasteiger partial charge in [0.2, 0.25) is 0 Å². The lowest BCUT2D eigenvalue weighted by Crippen LogP contribution is -2.35. The number of hydrogen-bond donors (Lipinski definition) is 1. The van der Waals surface area contributed by atoms with Crippen molar-refractivity contribution in [3.8, 4) is 5.75 Å². The molecule has 0 aliphatic rings. The third-order valence-electron chi connectivity index (χ3n) is 2.21.